The minimum atomic E-state index is -0.0226. The lowest BCUT2D eigenvalue weighted by Crippen LogP contribution is -2.54. The van der Waals surface area contributed by atoms with Crippen LogP contribution < -0.4 is 9.47 Å². The summed E-state index contributed by atoms with van der Waals surface area (Å²) in [5.41, 5.74) is 0. The van der Waals surface area contributed by atoms with Crippen molar-refractivity contribution in [3.8, 4) is 11.5 Å². The van der Waals surface area contributed by atoms with Gasteiger partial charge in [0, 0.05) is 39.0 Å². The molecule has 0 spiro atoms. The monoisotopic (exact) mass is 362 g/mol. The van der Waals surface area contributed by atoms with Crippen LogP contribution in [0.15, 0.2) is 24.3 Å². The Balaban J connectivity index is 1.53. The Labute approximate surface area is 156 Å². The Kier molecular flexibility index (Phi) is 6.74. The van der Waals surface area contributed by atoms with Gasteiger partial charge in [-0.15, -0.1) is 0 Å². The standard InChI is InChI=1S/C20H30N2O4/c1-3-17(21-12-14-25-15-13-21)20(23)22-10-8-16(9-11-22)26-19-7-5-4-6-18(19)24-2/h4-7,16-17H,3,8-15H2,1-2H3. The maximum absolute atomic E-state index is 13.0. The van der Waals surface area contributed by atoms with E-state index in [1.807, 2.05) is 29.2 Å². The number of carbonyl (C=O) groups excluding carboxylic acids is 1. The number of likely N-dealkylation sites (tertiary alicyclic amines) is 1. The Bertz CT molecular complexity index is 581. The second-order valence-electron chi connectivity index (χ2n) is 6.87. The van der Waals surface area contributed by atoms with Gasteiger partial charge in [0.15, 0.2) is 11.5 Å². The van der Waals surface area contributed by atoms with Crippen LogP contribution in [0.3, 0.4) is 0 Å². The van der Waals surface area contributed by atoms with Crippen LogP contribution >= 0.6 is 0 Å². The summed E-state index contributed by atoms with van der Waals surface area (Å²) >= 11 is 0. The van der Waals surface area contributed by atoms with E-state index in [9.17, 15) is 4.79 Å². The number of hydrogen-bond acceptors (Lipinski definition) is 5. The molecule has 0 saturated carbocycles. The number of ether oxygens (including phenoxy) is 3. The van der Waals surface area contributed by atoms with Gasteiger partial charge in [0.25, 0.3) is 0 Å². The maximum atomic E-state index is 13.0. The quantitative estimate of drug-likeness (QED) is 0.776. The number of para-hydroxylation sites is 2. The third kappa shape index (κ3) is 4.48. The molecule has 0 aliphatic carbocycles. The normalized spacial score (nSPS) is 20.6. The van der Waals surface area contributed by atoms with Crippen molar-refractivity contribution < 1.29 is 19.0 Å². The minimum Gasteiger partial charge on any atom is -0.493 e. The van der Waals surface area contributed by atoms with Crippen molar-refractivity contribution in [2.45, 2.75) is 38.3 Å². The lowest BCUT2D eigenvalue weighted by Gasteiger charge is -2.38. The summed E-state index contributed by atoms with van der Waals surface area (Å²) in [7, 11) is 1.65. The van der Waals surface area contributed by atoms with Gasteiger partial charge >= 0.3 is 0 Å². The molecule has 0 aromatic heterocycles. The molecule has 2 saturated heterocycles. The number of nitrogens with zero attached hydrogens (tertiary/aromatic N) is 2. The highest BCUT2D eigenvalue weighted by Gasteiger charge is 2.32. The van der Waals surface area contributed by atoms with Crippen LogP contribution in [0.25, 0.3) is 0 Å². The number of piperidine rings is 1. The zero-order chi connectivity index (χ0) is 18.4. The second kappa shape index (κ2) is 9.24. The molecule has 144 valence electrons. The van der Waals surface area contributed by atoms with E-state index in [-0.39, 0.29) is 18.1 Å². The number of amides is 1. The van der Waals surface area contributed by atoms with Crippen molar-refractivity contribution in [2.24, 2.45) is 0 Å². The predicted octanol–water partition coefficient (Wildman–Crippen LogP) is 2.18. The van der Waals surface area contributed by atoms with Gasteiger partial charge in [-0.1, -0.05) is 19.1 Å². The highest BCUT2D eigenvalue weighted by Crippen LogP contribution is 2.29. The zero-order valence-electron chi connectivity index (χ0n) is 15.9. The Morgan fingerprint density at radius 1 is 1.15 bits per heavy atom. The maximum Gasteiger partial charge on any atom is 0.239 e. The summed E-state index contributed by atoms with van der Waals surface area (Å²) in [4.78, 5) is 17.2. The molecule has 26 heavy (non-hydrogen) atoms. The topological polar surface area (TPSA) is 51.2 Å². The highest BCUT2D eigenvalue weighted by atomic mass is 16.5. The van der Waals surface area contributed by atoms with E-state index in [0.717, 1.165) is 70.2 Å². The fourth-order valence-corrected chi connectivity index (χ4v) is 3.78. The predicted molar refractivity (Wildman–Crippen MR) is 99.7 cm³/mol. The highest BCUT2D eigenvalue weighted by molar-refractivity contribution is 5.82. The smallest absolute Gasteiger partial charge is 0.239 e. The molecular weight excluding hydrogens is 332 g/mol. The van der Waals surface area contributed by atoms with E-state index in [1.54, 1.807) is 7.11 Å². The van der Waals surface area contributed by atoms with Crippen molar-refractivity contribution in [1.82, 2.24) is 9.80 Å². The summed E-state index contributed by atoms with van der Waals surface area (Å²) in [5.74, 6) is 1.79. The molecule has 1 unspecified atom stereocenters. The molecule has 0 N–H and O–H groups in total. The molecule has 1 aromatic rings. The summed E-state index contributed by atoms with van der Waals surface area (Å²) in [6.07, 6.45) is 2.67. The summed E-state index contributed by atoms with van der Waals surface area (Å²) in [5, 5.41) is 0. The second-order valence-corrected chi connectivity index (χ2v) is 6.87. The molecular formula is C20H30N2O4. The Morgan fingerprint density at radius 2 is 1.81 bits per heavy atom. The molecule has 1 aromatic carbocycles. The summed E-state index contributed by atoms with van der Waals surface area (Å²) < 4.78 is 16.9. The van der Waals surface area contributed by atoms with Gasteiger partial charge < -0.3 is 19.1 Å². The molecule has 2 heterocycles. The molecule has 3 rings (SSSR count). The third-order valence-electron chi connectivity index (χ3n) is 5.27. The number of morpholine rings is 1. The van der Waals surface area contributed by atoms with Crippen molar-refractivity contribution in [3.05, 3.63) is 24.3 Å². The molecule has 2 aliphatic rings. The van der Waals surface area contributed by atoms with Crippen molar-refractivity contribution in [1.29, 1.82) is 0 Å². The number of benzene rings is 1. The molecule has 6 nitrogen and oxygen atoms in total. The number of methoxy groups -OCH3 is 1. The molecule has 1 atom stereocenters. The zero-order valence-corrected chi connectivity index (χ0v) is 15.9. The average Bonchev–Trinajstić information content (AvgIpc) is 2.70. The first-order chi connectivity index (χ1) is 12.7. The van der Waals surface area contributed by atoms with E-state index >= 15 is 0 Å². The Morgan fingerprint density at radius 3 is 2.42 bits per heavy atom. The van der Waals surface area contributed by atoms with Crippen LogP contribution in [-0.4, -0.2) is 74.4 Å². The summed E-state index contributed by atoms with van der Waals surface area (Å²) in [6, 6.07) is 7.70. The van der Waals surface area contributed by atoms with Crippen molar-refractivity contribution in [2.75, 3.05) is 46.5 Å². The van der Waals surface area contributed by atoms with Gasteiger partial charge in [0.1, 0.15) is 6.10 Å². The van der Waals surface area contributed by atoms with Crippen LogP contribution in [-0.2, 0) is 9.53 Å². The number of rotatable bonds is 6. The molecule has 0 bridgehead atoms. The van der Waals surface area contributed by atoms with E-state index in [4.69, 9.17) is 14.2 Å². The SMILES string of the molecule is CCC(C(=O)N1CCC(Oc2ccccc2OC)CC1)N1CCOCC1. The van der Waals surface area contributed by atoms with Crippen LogP contribution in [0.4, 0.5) is 0 Å². The van der Waals surface area contributed by atoms with Crippen molar-refractivity contribution >= 4 is 5.91 Å². The molecule has 2 aliphatic heterocycles. The van der Waals surface area contributed by atoms with Gasteiger partial charge in [-0.2, -0.15) is 0 Å². The minimum absolute atomic E-state index is 0.0226. The van der Waals surface area contributed by atoms with E-state index in [1.165, 1.54) is 0 Å². The first-order valence-corrected chi connectivity index (χ1v) is 9.63. The molecule has 2 fully saturated rings. The lowest BCUT2D eigenvalue weighted by molar-refractivity contribution is -0.140. The number of carbonyl (C=O) groups is 1. The van der Waals surface area contributed by atoms with Gasteiger partial charge in [0.05, 0.1) is 26.4 Å². The molecule has 6 heteroatoms. The number of hydrogen-bond donors (Lipinski definition) is 0. The molecule has 1 amide bonds. The van der Waals surface area contributed by atoms with E-state index in [2.05, 4.69) is 11.8 Å². The molecule has 0 radical (unpaired) electrons. The van der Waals surface area contributed by atoms with Gasteiger partial charge in [-0.25, -0.2) is 0 Å². The largest absolute Gasteiger partial charge is 0.493 e. The van der Waals surface area contributed by atoms with E-state index in [0.29, 0.717) is 0 Å². The third-order valence-corrected chi connectivity index (χ3v) is 5.27. The summed E-state index contributed by atoms with van der Waals surface area (Å²) in [6.45, 7) is 6.72. The van der Waals surface area contributed by atoms with E-state index < -0.39 is 0 Å². The first kappa shape index (κ1) is 19.0. The average molecular weight is 362 g/mol. The fourth-order valence-electron chi connectivity index (χ4n) is 3.78. The van der Waals surface area contributed by atoms with Gasteiger partial charge in [0.2, 0.25) is 5.91 Å². The van der Waals surface area contributed by atoms with Crippen LogP contribution in [0, 0.1) is 0 Å². The van der Waals surface area contributed by atoms with Gasteiger partial charge in [-0.3, -0.25) is 9.69 Å². The van der Waals surface area contributed by atoms with Gasteiger partial charge in [-0.05, 0) is 18.6 Å². The first-order valence-electron chi connectivity index (χ1n) is 9.63. The van der Waals surface area contributed by atoms with Crippen LogP contribution in [0.1, 0.15) is 26.2 Å². The lowest BCUT2D eigenvalue weighted by atomic mass is 10.0. The van der Waals surface area contributed by atoms with Crippen LogP contribution in [0.5, 0.6) is 11.5 Å². The van der Waals surface area contributed by atoms with Crippen LogP contribution in [0.2, 0.25) is 0 Å². The fraction of sp³-hybridized carbons (Fsp3) is 0.650. The Hall–Kier alpha value is -1.79. The van der Waals surface area contributed by atoms with Crippen molar-refractivity contribution in [3.63, 3.8) is 0 Å².